The summed E-state index contributed by atoms with van der Waals surface area (Å²) in [6, 6.07) is 8.05. The van der Waals surface area contributed by atoms with Gasteiger partial charge in [0.15, 0.2) is 41.4 Å². The van der Waals surface area contributed by atoms with Crippen LogP contribution in [0.4, 0.5) is 0 Å². The van der Waals surface area contributed by atoms with Crippen LogP contribution in [0.5, 0.6) is 0 Å². The number of β-lactam (4-membered cyclic amide) rings is 1. The van der Waals surface area contributed by atoms with Crippen LogP contribution in [0.3, 0.4) is 0 Å². The second-order valence-electron chi connectivity index (χ2n) is 7.27. The molecule has 8 nitrogen and oxygen atoms in total. The molecule has 0 bridgehead atoms. The third-order valence-electron chi connectivity index (χ3n) is 5.24. The molecule has 2 aromatic rings. The van der Waals surface area contributed by atoms with Gasteiger partial charge in [0, 0.05) is 31.4 Å². The van der Waals surface area contributed by atoms with Crippen LogP contribution < -0.4 is 4.57 Å². The Hall–Kier alpha value is -2.24. The van der Waals surface area contributed by atoms with Crippen molar-refractivity contribution in [1.29, 1.82) is 0 Å². The maximum absolute atomic E-state index is 13.0. The lowest BCUT2D eigenvalue weighted by molar-refractivity contribution is -0.706. The van der Waals surface area contributed by atoms with Gasteiger partial charge in [0.05, 0.1) is 0 Å². The predicted molar refractivity (Wildman–Crippen MR) is 112 cm³/mol. The first-order chi connectivity index (χ1) is 14.3. The summed E-state index contributed by atoms with van der Waals surface area (Å²) < 4.78 is 16.3. The number of thiophene rings is 1. The first kappa shape index (κ1) is 21.0. The van der Waals surface area contributed by atoms with Crippen LogP contribution in [-0.4, -0.2) is 60.0 Å². The molecule has 2 aliphatic rings. The Balaban J connectivity index is 1.56. The van der Waals surface area contributed by atoms with Crippen molar-refractivity contribution in [2.45, 2.75) is 29.1 Å². The number of carboxylic acids is 1. The minimum Gasteiger partial charge on any atom is -0.481 e. The van der Waals surface area contributed by atoms with E-state index in [1.165, 1.54) is 34.9 Å². The summed E-state index contributed by atoms with van der Waals surface area (Å²) in [4.78, 5) is 38.9. The quantitative estimate of drug-likeness (QED) is 0.503. The van der Waals surface area contributed by atoms with Gasteiger partial charge in [-0.1, -0.05) is 12.1 Å². The molecule has 0 aliphatic carbocycles. The molecule has 30 heavy (non-hydrogen) atoms. The first-order valence-corrected chi connectivity index (χ1v) is 12.2. The SMILES string of the molecule is CC(=O)N(C1C(=O)N2CC(C[n+]3ccccc3)(C(=O)O)CS[C@H]12)S(=O)c1cccs1. The number of thioether (sulfide) groups is 1. The number of hydrogen-bond acceptors (Lipinski definition) is 6. The van der Waals surface area contributed by atoms with E-state index in [1.54, 1.807) is 34.5 Å². The largest absolute Gasteiger partial charge is 0.481 e. The number of carboxylic acid groups (broad SMARTS) is 1. The van der Waals surface area contributed by atoms with E-state index in [2.05, 4.69) is 0 Å². The van der Waals surface area contributed by atoms with Crippen molar-refractivity contribution in [1.82, 2.24) is 9.21 Å². The number of fused-ring (bicyclic) bond motifs is 1. The van der Waals surface area contributed by atoms with Crippen molar-refractivity contribution in [3.05, 3.63) is 48.1 Å². The molecule has 3 unspecified atom stereocenters. The van der Waals surface area contributed by atoms with Crippen molar-refractivity contribution >= 4 is 51.9 Å². The lowest BCUT2D eigenvalue weighted by Gasteiger charge is -2.54. The number of aliphatic carboxylic acids is 1. The molecule has 11 heteroatoms. The van der Waals surface area contributed by atoms with Gasteiger partial charge < -0.3 is 10.0 Å². The molecule has 158 valence electrons. The van der Waals surface area contributed by atoms with E-state index in [-0.39, 0.29) is 24.7 Å². The zero-order valence-electron chi connectivity index (χ0n) is 16.0. The molecule has 4 heterocycles. The molecule has 1 N–H and O–H groups in total. The average Bonchev–Trinajstić information content (AvgIpc) is 3.27. The van der Waals surface area contributed by atoms with Gasteiger partial charge in [-0.2, -0.15) is 0 Å². The van der Waals surface area contributed by atoms with Gasteiger partial charge in [-0.25, -0.2) is 13.1 Å². The van der Waals surface area contributed by atoms with Gasteiger partial charge in [0.2, 0.25) is 5.91 Å². The molecule has 0 aromatic carbocycles. The van der Waals surface area contributed by atoms with Crippen molar-refractivity contribution in [3.63, 3.8) is 0 Å². The maximum Gasteiger partial charge on any atom is 0.318 e. The second kappa shape index (κ2) is 8.12. The number of hydrogen-bond donors (Lipinski definition) is 1. The summed E-state index contributed by atoms with van der Waals surface area (Å²) in [5, 5.41) is 11.3. The fourth-order valence-electron chi connectivity index (χ4n) is 3.74. The number of carbonyl (C=O) groups is 3. The highest BCUT2D eigenvalue weighted by atomic mass is 32.2. The number of pyridine rings is 1. The van der Waals surface area contributed by atoms with Gasteiger partial charge in [0.1, 0.15) is 9.58 Å². The fraction of sp³-hybridized carbons (Fsp3) is 0.368. The summed E-state index contributed by atoms with van der Waals surface area (Å²) in [6.07, 6.45) is 3.59. The molecule has 0 spiro atoms. The Morgan fingerprint density at radius 3 is 2.67 bits per heavy atom. The highest BCUT2D eigenvalue weighted by Crippen LogP contribution is 2.45. The molecule has 4 rings (SSSR count). The second-order valence-corrected chi connectivity index (χ2v) is 10.9. The molecular weight excluding hydrogens is 446 g/mol. The summed E-state index contributed by atoms with van der Waals surface area (Å²) in [7, 11) is -1.77. The molecule has 2 amide bonds. The standard InChI is InChI=1S/C19H19N3O5S3/c1-13(23)22(30(27)14-6-5-9-28-14)15-16(24)21-11-19(18(25)26,12-29-17(15)21)10-20-7-3-2-4-8-20/h2-9,15,17H,10-12H2,1H3/p+1/t15?,17-,19?,30?/m1/s1. The van der Waals surface area contributed by atoms with E-state index in [0.29, 0.717) is 4.21 Å². The van der Waals surface area contributed by atoms with Gasteiger partial charge in [0.25, 0.3) is 5.91 Å². The highest BCUT2D eigenvalue weighted by Gasteiger charge is 2.61. The minimum absolute atomic E-state index is 0.0502. The minimum atomic E-state index is -1.77. The van der Waals surface area contributed by atoms with Crippen molar-refractivity contribution in [2.24, 2.45) is 5.41 Å². The van der Waals surface area contributed by atoms with Crippen LogP contribution in [0.15, 0.2) is 52.3 Å². The summed E-state index contributed by atoms with van der Waals surface area (Å²) >= 11 is 2.58. The fourth-order valence-corrected chi connectivity index (χ4v) is 7.62. The Morgan fingerprint density at radius 2 is 2.07 bits per heavy atom. The third kappa shape index (κ3) is 3.54. The van der Waals surface area contributed by atoms with Crippen LogP contribution in [0.2, 0.25) is 0 Å². The van der Waals surface area contributed by atoms with E-state index in [1.807, 2.05) is 18.2 Å². The smallest absolute Gasteiger partial charge is 0.318 e. The molecule has 2 saturated heterocycles. The van der Waals surface area contributed by atoms with Crippen LogP contribution >= 0.6 is 23.1 Å². The van der Waals surface area contributed by atoms with Gasteiger partial charge in [-0.3, -0.25) is 14.4 Å². The monoisotopic (exact) mass is 466 g/mol. The first-order valence-electron chi connectivity index (χ1n) is 9.19. The van der Waals surface area contributed by atoms with E-state index in [9.17, 15) is 23.7 Å². The van der Waals surface area contributed by atoms with E-state index in [0.717, 1.165) is 4.31 Å². The normalized spacial score (nSPS) is 26.4. The molecule has 0 saturated carbocycles. The number of aromatic nitrogens is 1. The van der Waals surface area contributed by atoms with Crippen LogP contribution in [0, 0.1) is 5.41 Å². The number of amides is 2. The molecule has 0 radical (unpaired) electrons. The number of rotatable bonds is 6. The summed E-state index contributed by atoms with van der Waals surface area (Å²) in [5.41, 5.74) is -1.14. The summed E-state index contributed by atoms with van der Waals surface area (Å²) in [6.45, 7) is 1.58. The lowest BCUT2D eigenvalue weighted by atomic mass is 9.87. The Morgan fingerprint density at radius 1 is 1.33 bits per heavy atom. The van der Waals surface area contributed by atoms with E-state index in [4.69, 9.17) is 0 Å². The van der Waals surface area contributed by atoms with E-state index >= 15 is 0 Å². The predicted octanol–water partition coefficient (Wildman–Crippen LogP) is 0.962. The van der Waals surface area contributed by atoms with E-state index < -0.39 is 39.7 Å². The van der Waals surface area contributed by atoms with Crippen molar-refractivity contribution in [2.75, 3.05) is 12.3 Å². The molecule has 2 aromatic heterocycles. The number of carbonyl (C=O) groups excluding carboxylic acids is 2. The van der Waals surface area contributed by atoms with Crippen molar-refractivity contribution in [3.8, 4) is 0 Å². The average molecular weight is 467 g/mol. The topological polar surface area (TPSA) is 98.9 Å². The molecule has 2 fully saturated rings. The molecule has 4 atom stereocenters. The van der Waals surface area contributed by atoms with Gasteiger partial charge >= 0.3 is 5.97 Å². The zero-order chi connectivity index (χ0) is 21.5. The zero-order valence-corrected chi connectivity index (χ0v) is 18.5. The Kier molecular flexibility index (Phi) is 5.69. The Bertz CT molecular complexity index is 1000. The highest BCUT2D eigenvalue weighted by molar-refractivity contribution is 8.00. The van der Waals surface area contributed by atoms with Crippen LogP contribution in [0.25, 0.3) is 0 Å². The van der Waals surface area contributed by atoms with Gasteiger partial charge in [-0.15, -0.1) is 23.1 Å². The number of nitrogens with zero attached hydrogens (tertiary/aromatic N) is 3. The van der Waals surface area contributed by atoms with Gasteiger partial charge in [-0.05, 0) is 11.4 Å². The third-order valence-corrected chi connectivity index (χ3v) is 9.51. The lowest BCUT2D eigenvalue weighted by Crippen LogP contribution is -2.75. The van der Waals surface area contributed by atoms with Crippen LogP contribution in [-0.2, 0) is 31.9 Å². The van der Waals surface area contributed by atoms with Crippen LogP contribution in [0.1, 0.15) is 6.92 Å². The summed E-state index contributed by atoms with van der Waals surface area (Å²) in [5.74, 6) is -1.50. The van der Waals surface area contributed by atoms with Crippen molar-refractivity contribution < 1.29 is 28.3 Å². The molecular formula is C19H20N3O5S3+. The maximum atomic E-state index is 13.0. The Labute approximate surface area is 184 Å². The molecule has 2 aliphatic heterocycles.